The number of nitrogens with one attached hydrogen (secondary N) is 1. The smallest absolute Gasteiger partial charge is 0.250 e. The first kappa shape index (κ1) is 14.1. The van der Waals surface area contributed by atoms with Crippen LogP contribution in [0.15, 0.2) is 27.1 Å². The largest absolute Gasteiger partial charge is 0.419 e. The minimum atomic E-state index is -0.388. The fourth-order valence-corrected chi connectivity index (χ4v) is 2.13. The Bertz CT molecular complexity index is 559. The number of rotatable bonds is 5. The minimum Gasteiger partial charge on any atom is -0.419 e. The highest BCUT2D eigenvalue weighted by atomic mass is 79.9. The molecule has 1 heterocycles. The zero-order valence-electron chi connectivity index (χ0n) is 10.8. The van der Waals surface area contributed by atoms with E-state index in [1.54, 1.807) is 12.1 Å². The Balaban J connectivity index is 2.29. The molecule has 1 unspecified atom stereocenters. The number of halogens is 2. The number of aromatic nitrogens is 2. The van der Waals surface area contributed by atoms with Crippen molar-refractivity contribution in [2.45, 2.75) is 26.3 Å². The fourth-order valence-electron chi connectivity index (χ4n) is 1.80. The van der Waals surface area contributed by atoms with Crippen LogP contribution < -0.4 is 5.32 Å². The maximum atomic E-state index is 13.8. The summed E-state index contributed by atoms with van der Waals surface area (Å²) in [5.74, 6) is 0.305. The van der Waals surface area contributed by atoms with Gasteiger partial charge in [0, 0.05) is 4.47 Å². The molecular weight excluding hydrogens is 313 g/mol. The molecule has 0 bridgehead atoms. The van der Waals surface area contributed by atoms with Gasteiger partial charge in [0.25, 0.3) is 5.89 Å². The van der Waals surface area contributed by atoms with Gasteiger partial charge in [-0.25, -0.2) is 4.39 Å². The lowest BCUT2D eigenvalue weighted by Crippen LogP contribution is -2.20. The number of hydrogen-bond acceptors (Lipinski definition) is 4. The van der Waals surface area contributed by atoms with Crippen molar-refractivity contribution < 1.29 is 8.81 Å². The number of benzene rings is 1. The van der Waals surface area contributed by atoms with Crippen LogP contribution in [0.25, 0.3) is 11.5 Å². The van der Waals surface area contributed by atoms with Gasteiger partial charge in [-0.15, -0.1) is 10.2 Å². The van der Waals surface area contributed by atoms with Crippen LogP contribution in [0.2, 0.25) is 0 Å². The second-order valence-electron chi connectivity index (χ2n) is 4.09. The lowest BCUT2D eigenvalue weighted by molar-refractivity contribution is 0.401. The Morgan fingerprint density at radius 2 is 2.16 bits per heavy atom. The number of hydrogen-bond donors (Lipinski definition) is 1. The quantitative estimate of drug-likeness (QED) is 0.909. The normalized spacial score (nSPS) is 12.6. The molecule has 1 aromatic carbocycles. The molecule has 0 fully saturated rings. The van der Waals surface area contributed by atoms with Crippen LogP contribution in [-0.2, 0) is 0 Å². The van der Waals surface area contributed by atoms with Gasteiger partial charge in [0.1, 0.15) is 5.82 Å². The van der Waals surface area contributed by atoms with E-state index in [0.29, 0.717) is 15.9 Å². The lowest BCUT2D eigenvalue weighted by Gasteiger charge is -2.10. The summed E-state index contributed by atoms with van der Waals surface area (Å²) < 4.78 is 20.0. The average Bonchev–Trinajstić information content (AvgIpc) is 2.85. The highest BCUT2D eigenvalue weighted by Gasteiger charge is 2.18. The van der Waals surface area contributed by atoms with Gasteiger partial charge in [0.05, 0.1) is 11.6 Å². The molecule has 2 rings (SSSR count). The van der Waals surface area contributed by atoms with E-state index in [1.807, 2.05) is 13.8 Å². The average molecular weight is 328 g/mol. The maximum Gasteiger partial charge on any atom is 0.250 e. The Kier molecular flexibility index (Phi) is 4.66. The standard InChI is InChI=1S/C13H15BrFN3O/c1-3-11(16-4-2)13-18-17-12(19-13)9-6-5-8(14)7-10(9)15/h5-7,11,16H,3-4H2,1-2H3. The summed E-state index contributed by atoms with van der Waals surface area (Å²) in [7, 11) is 0. The molecule has 4 nitrogen and oxygen atoms in total. The van der Waals surface area contributed by atoms with Crippen LogP contribution in [0.3, 0.4) is 0 Å². The summed E-state index contributed by atoms with van der Waals surface area (Å²) in [6.07, 6.45) is 0.832. The monoisotopic (exact) mass is 327 g/mol. The molecule has 2 aromatic rings. The molecule has 0 aliphatic rings. The minimum absolute atomic E-state index is 0.00441. The molecule has 1 aromatic heterocycles. The van der Waals surface area contributed by atoms with Crippen molar-refractivity contribution in [3.05, 3.63) is 34.4 Å². The molecule has 0 aliphatic carbocycles. The molecule has 0 spiro atoms. The van der Waals surface area contributed by atoms with Gasteiger partial charge in [-0.2, -0.15) is 0 Å². The van der Waals surface area contributed by atoms with Gasteiger partial charge in [0.15, 0.2) is 0 Å². The zero-order chi connectivity index (χ0) is 13.8. The molecule has 0 aliphatic heterocycles. The second-order valence-corrected chi connectivity index (χ2v) is 5.00. The topological polar surface area (TPSA) is 51.0 Å². The van der Waals surface area contributed by atoms with Crippen molar-refractivity contribution in [2.75, 3.05) is 6.54 Å². The SMILES string of the molecule is CCNC(CC)c1nnc(-c2ccc(Br)cc2F)o1. The van der Waals surface area contributed by atoms with Crippen molar-refractivity contribution in [3.63, 3.8) is 0 Å². The highest BCUT2D eigenvalue weighted by Crippen LogP contribution is 2.26. The van der Waals surface area contributed by atoms with Gasteiger partial charge in [-0.05, 0) is 31.2 Å². The number of nitrogens with zero attached hydrogens (tertiary/aromatic N) is 2. The molecule has 0 radical (unpaired) electrons. The van der Waals surface area contributed by atoms with E-state index in [-0.39, 0.29) is 17.7 Å². The third kappa shape index (κ3) is 3.19. The third-order valence-electron chi connectivity index (χ3n) is 2.76. The van der Waals surface area contributed by atoms with E-state index in [2.05, 4.69) is 31.4 Å². The van der Waals surface area contributed by atoms with E-state index in [9.17, 15) is 4.39 Å². The maximum absolute atomic E-state index is 13.8. The van der Waals surface area contributed by atoms with Crippen molar-refractivity contribution in [1.82, 2.24) is 15.5 Å². The van der Waals surface area contributed by atoms with Gasteiger partial charge >= 0.3 is 0 Å². The Labute approximate surface area is 119 Å². The predicted molar refractivity (Wildman–Crippen MR) is 74.1 cm³/mol. The summed E-state index contributed by atoms with van der Waals surface area (Å²) in [5.41, 5.74) is 0.313. The molecule has 0 saturated heterocycles. The summed E-state index contributed by atoms with van der Waals surface area (Å²) >= 11 is 3.21. The lowest BCUT2D eigenvalue weighted by atomic mass is 10.2. The van der Waals surface area contributed by atoms with Crippen molar-refractivity contribution in [2.24, 2.45) is 0 Å². The van der Waals surface area contributed by atoms with E-state index in [1.165, 1.54) is 6.07 Å². The van der Waals surface area contributed by atoms with Crippen LogP contribution in [0, 0.1) is 5.82 Å². The summed E-state index contributed by atoms with van der Waals surface area (Å²) in [6, 6.07) is 4.74. The van der Waals surface area contributed by atoms with Crippen LogP contribution >= 0.6 is 15.9 Å². The molecule has 102 valence electrons. The Morgan fingerprint density at radius 3 is 2.79 bits per heavy atom. The van der Waals surface area contributed by atoms with Crippen molar-refractivity contribution >= 4 is 15.9 Å². The second kappa shape index (κ2) is 6.25. The van der Waals surface area contributed by atoms with E-state index in [0.717, 1.165) is 13.0 Å². The Morgan fingerprint density at radius 1 is 1.37 bits per heavy atom. The van der Waals surface area contributed by atoms with Crippen molar-refractivity contribution in [3.8, 4) is 11.5 Å². The highest BCUT2D eigenvalue weighted by molar-refractivity contribution is 9.10. The van der Waals surface area contributed by atoms with E-state index < -0.39 is 0 Å². The van der Waals surface area contributed by atoms with Gasteiger partial charge in [-0.1, -0.05) is 29.8 Å². The molecular formula is C13H15BrFN3O. The molecule has 6 heteroatoms. The molecule has 0 saturated carbocycles. The predicted octanol–water partition coefficient (Wildman–Crippen LogP) is 3.70. The molecule has 1 atom stereocenters. The van der Waals surface area contributed by atoms with E-state index in [4.69, 9.17) is 4.42 Å². The van der Waals surface area contributed by atoms with Gasteiger partial charge < -0.3 is 9.73 Å². The molecule has 0 amide bonds. The van der Waals surface area contributed by atoms with Crippen LogP contribution in [-0.4, -0.2) is 16.7 Å². The summed E-state index contributed by atoms with van der Waals surface area (Å²) in [4.78, 5) is 0. The summed E-state index contributed by atoms with van der Waals surface area (Å²) in [5, 5.41) is 11.1. The molecule has 1 N–H and O–H groups in total. The Hall–Kier alpha value is -1.27. The summed E-state index contributed by atoms with van der Waals surface area (Å²) in [6.45, 7) is 4.84. The first-order valence-corrected chi connectivity index (χ1v) is 6.97. The molecule has 19 heavy (non-hydrogen) atoms. The van der Waals surface area contributed by atoms with Crippen LogP contribution in [0.4, 0.5) is 4.39 Å². The van der Waals surface area contributed by atoms with Crippen LogP contribution in [0.5, 0.6) is 0 Å². The first-order chi connectivity index (χ1) is 9.15. The fraction of sp³-hybridized carbons (Fsp3) is 0.385. The van der Waals surface area contributed by atoms with Crippen LogP contribution in [0.1, 0.15) is 32.2 Å². The zero-order valence-corrected chi connectivity index (χ0v) is 12.4. The first-order valence-electron chi connectivity index (χ1n) is 6.17. The van der Waals surface area contributed by atoms with Crippen molar-refractivity contribution in [1.29, 1.82) is 0 Å². The third-order valence-corrected chi connectivity index (χ3v) is 3.25. The van der Waals surface area contributed by atoms with Gasteiger partial charge in [0.2, 0.25) is 5.89 Å². The van der Waals surface area contributed by atoms with Gasteiger partial charge in [-0.3, -0.25) is 0 Å². The van der Waals surface area contributed by atoms with E-state index >= 15 is 0 Å².